The van der Waals surface area contributed by atoms with Crippen molar-refractivity contribution in [2.75, 3.05) is 5.32 Å². The second-order valence-corrected chi connectivity index (χ2v) is 5.95. The second-order valence-electron chi connectivity index (χ2n) is 5.95. The van der Waals surface area contributed by atoms with E-state index in [1.54, 1.807) is 0 Å². The number of hydrogen-bond acceptors (Lipinski definition) is 4. The molecule has 6 nitrogen and oxygen atoms in total. The first-order valence-electron chi connectivity index (χ1n) is 8.37. The van der Waals surface area contributed by atoms with E-state index in [1.807, 2.05) is 6.92 Å². The lowest BCUT2D eigenvalue weighted by molar-refractivity contribution is -0.126. The Labute approximate surface area is 155 Å². The minimum absolute atomic E-state index is 0.173. The molecule has 0 saturated carbocycles. The molecule has 0 saturated heterocycles. The summed E-state index contributed by atoms with van der Waals surface area (Å²) < 4.78 is 26.4. The molecule has 0 bridgehead atoms. The molecule has 27 heavy (non-hydrogen) atoms. The third-order valence-corrected chi connectivity index (χ3v) is 3.69. The fraction of sp³-hybridized carbons (Fsp3) is 0.263. The quantitative estimate of drug-likeness (QED) is 0.695. The minimum atomic E-state index is -0.826. The first-order valence-corrected chi connectivity index (χ1v) is 8.37. The van der Waals surface area contributed by atoms with Crippen molar-refractivity contribution in [3.8, 4) is 0 Å². The van der Waals surface area contributed by atoms with Gasteiger partial charge in [0.1, 0.15) is 23.5 Å². The Morgan fingerprint density at radius 2 is 1.89 bits per heavy atom. The van der Waals surface area contributed by atoms with E-state index in [2.05, 4.69) is 15.6 Å². The molecule has 1 heterocycles. The van der Waals surface area contributed by atoms with Crippen molar-refractivity contribution in [2.45, 2.75) is 32.2 Å². The standard InChI is InChI=1S/C19H19F2N3O3/c1-2-3-16(19(27)24-17-5-4-12(11-25)10-22-17)23-18(26)8-13-6-14(20)9-15(21)7-13/h4-7,9-11,16H,2-3,8H2,1H3,(H,23,26)(H,22,24,27). The van der Waals surface area contributed by atoms with Gasteiger partial charge in [0.2, 0.25) is 11.8 Å². The van der Waals surface area contributed by atoms with Crippen LogP contribution in [0.5, 0.6) is 0 Å². The number of halogens is 2. The Bertz CT molecular complexity index is 805. The fourth-order valence-corrected chi connectivity index (χ4v) is 2.46. The number of aromatic nitrogens is 1. The Morgan fingerprint density at radius 1 is 1.19 bits per heavy atom. The van der Waals surface area contributed by atoms with Gasteiger partial charge < -0.3 is 10.6 Å². The number of carbonyl (C=O) groups excluding carboxylic acids is 3. The van der Waals surface area contributed by atoms with Crippen LogP contribution < -0.4 is 10.6 Å². The molecule has 1 atom stereocenters. The molecule has 2 amide bonds. The summed E-state index contributed by atoms with van der Waals surface area (Å²) in [5.74, 6) is -2.30. The highest BCUT2D eigenvalue weighted by Gasteiger charge is 2.20. The first-order chi connectivity index (χ1) is 12.9. The molecule has 2 N–H and O–H groups in total. The van der Waals surface area contributed by atoms with Gasteiger partial charge in [-0.2, -0.15) is 0 Å². The van der Waals surface area contributed by atoms with Crippen molar-refractivity contribution >= 4 is 23.9 Å². The lowest BCUT2D eigenvalue weighted by Gasteiger charge is -2.17. The maximum atomic E-state index is 13.2. The van der Waals surface area contributed by atoms with Gasteiger partial charge in [0, 0.05) is 17.8 Å². The zero-order valence-electron chi connectivity index (χ0n) is 14.7. The largest absolute Gasteiger partial charge is 0.344 e. The number of aldehydes is 1. The van der Waals surface area contributed by atoms with Crippen LogP contribution >= 0.6 is 0 Å². The molecular formula is C19H19F2N3O3. The SMILES string of the molecule is CCCC(NC(=O)Cc1cc(F)cc(F)c1)C(=O)Nc1ccc(C=O)cn1. The number of pyridine rings is 1. The smallest absolute Gasteiger partial charge is 0.248 e. The van der Waals surface area contributed by atoms with Gasteiger partial charge in [-0.25, -0.2) is 13.8 Å². The topological polar surface area (TPSA) is 88.2 Å². The minimum Gasteiger partial charge on any atom is -0.344 e. The summed E-state index contributed by atoms with van der Waals surface area (Å²) >= 11 is 0. The molecular weight excluding hydrogens is 356 g/mol. The summed E-state index contributed by atoms with van der Waals surface area (Å²) in [6.07, 6.45) is 2.70. The molecule has 0 fully saturated rings. The maximum Gasteiger partial charge on any atom is 0.248 e. The average molecular weight is 375 g/mol. The number of nitrogens with zero attached hydrogens (tertiary/aromatic N) is 1. The Kier molecular flexibility index (Phi) is 7.10. The summed E-state index contributed by atoms with van der Waals surface area (Å²) in [6, 6.07) is 5.00. The van der Waals surface area contributed by atoms with E-state index in [4.69, 9.17) is 0 Å². The van der Waals surface area contributed by atoms with Gasteiger partial charge >= 0.3 is 0 Å². The predicted octanol–water partition coefficient (Wildman–Crippen LogP) is 2.64. The highest BCUT2D eigenvalue weighted by atomic mass is 19.1. The van der Waals surface area contributed by atoms with Gasteiger partial charge in [-0.3, -0.25) is 14.4 Å². The fourth-order valence-electron chi connectivity index (χ4n) is 2.46. The van der Waals surface area contributed by atoms with Crippen molar-refractivity contribution in [3.63, 3.8) is 0 Å². The highest BCUT2D eigenvalue weighted by Crippen LogP contribution is 2.10. The monoisotopic (exact) mass is 375 g/mol. The lowest BCUT2D eigenvalue weighted by Crippen LogP contribution is -2.44. The van der Waals surface area contributed by atoms with E-state index in [9.17, 15) is 23.2 Å². The van der Waals surface area contributed by atoms with E-state index in [1.165, 1.54) is 18.3 Å². The van der Waals surface area contributed by atoms with Crippen molar-refractivity contribution in [3.05, 3.63) is 59.3 Å². The van der Waals surface area contributed by atoms with Crippen molar-refractivity contribution in [1.82, 2.24) is 10.3 Å². The van der Waals surface area contributed by atoms with Crippen LogP contribution in [0.4, 0.5) is 14.6 Å². The van der Waals surface area contributed by atoms with Gasteiger partial charge in [0.25, 0.3) is 0 Å². The molecule has 142 valence electrons. The summed E-state index contributed by atoms with van der Waals surface area (Å²) in [5.41, 5.74) is 0.542. The third-order valence-electron chi connectivity index (χ3n) is 3.69. The van der Waals surface area contributed by atoms with Gasteiger partial charge in [-0.05, 0) is 36.2 Å². The van der Waals surface area contributed by atoms with Crippen LogP contribution in [-0.2, 0) is 16.0 Å². The van der Waals surface area contributed by atoms with Crippen LogP contribution in [0.1, 0.15) is 35.7 Å². The summed E-state index contributed by atoms with van der Waals surface area (Å²) in [4.78, 5) is 39.1. The zero-order valence-corrected chi connectivity index (χ0v) is 14.7. The predicted molar refractivity (Wildman–Crippen MR) is 95.2 cm³/mol. The normalized spacial score (nSPS) is 11.5. The molecule has 0 aliphatic carbocycles. The number of benzene rings is 1. The summed E-state index contributed by atoms with van der Waals surface area (Å²) in [6.45, 7) is 1.85. The van der Waals surface area contributed by atoms with Crippen LogP contribution in [0.25, 0.3) is 0 Å². The van der Waals surface area contributed by atoms with E-state index in [-0.39, 0.29) is 17.8 Å². The van der Waals surface area contributed by atoms with E-state index >= 15 is 0 Å². The summed E-state index contributed by atoms with van der Waals surface area (Å²) in [5, 5.41) is 5.13. The number of carbonyl (C=O) groups is 3. The molecule has 1 unspecified atom stereocenters. The maximum absolute atomic E-state index is 13.2. The molecule has 1 aromatic heterocycles. The second kappa shape index (κ2) is 9.51. The first kappa shape index (κ1) is 20.2. The van der Waals surface area contributed by atoms with Gasteiger partial charge in [0.15, 0.2) is 6.29 Å². The van der Waals surface area contributed by atoms with Crippen molar-refractivity contribution in [1.29, 1.82) is 0 Å². The van der Waals surface area contributed by atoms with Crippen LogP contribution in [0.3, 0.4) is 0 Å². The average Bonchev–Trinajstić information content (AvgIpc) is 2.61. The van der Waals surface area contributed by atoms with Crippen LogP contribution in [0.15, 0.2) is 36.5 Å². The van der Waals surface area contributed by atoms with Crippen LogP contribution in [0, 0.1) is 11.6 Å². The molecule has 0 spiro atoms. The summed E-state index contributed by atoms with van der Waals surface area (Å²) in [7, 11) is 0. The van der Waals surface area contributed by atoms with Crippen LogP contribution in [-0.4, -0.2) is 29.1 Å². The highest BCUT2D eigenvalue weighted by molar-refractivity contribution is 5.96. The Hall–Kier alpha value is -3.16. The molecule has 8 heteroatoms. The Morgan fingerprint density at radius 3 is 2.44 bits per heavy atom. The number of hydrogen-bond donors (Lipinski definition) is 2. The molecule has 0 radical (unpaired) electrons. The number of rotatable bonds is 8. The number of nitrogens with one attached hydrogen (secondary N) is 2. The van der Waals surface area contributed by atoms with Crippen LogP contribution in [0.2, 0.25) is 0 Å². The molecule has 1 aromatic carbocycles. The van der Waals surface area contributed by atoms with Crippen molar-refractivity contribution < 1.29 is 23.2 Å². The lowest BCUT2D eigenvalue weighted by atomic mass is 10.1. The number of amides is 2. The molecule has 2 rings (SSSR count). The third kappa shape index (κ3) is 6.25. The molecule has 0 aliphatic rings. The van der Waals surface area contributed by atoms with E-state index in [0.717, 1.165) is 18.2 Å². The zero-order chi connectivity index (χ0) is 19.8. The molecule has 2 aromatic rings. The number of anilines is 1. The van der Waals surface area contributed by atoms with Crippen molar-refractivity contribution in [2.24, 2.45) is 0 Å². The van der Waals surface area contributed by atoms with E-state index < -0.39 is 29.5 Å². The van der Waals surface area contributed by atoms with Gasteiger partial charge in [-0.15, -0.1) is 0 Å². The van der Waals surface area contributed by atoms with Gasteiger partial charge in [0.05, 0.1) is 6.42 Å². The van der Waals surface area contributed by atoms with E-state index in [0.29, 0.717) is 24.7 Å². The van der Waals surface area contributed by atoms with Gasteiger partial charge in [-0.1, -0.05) is 13.3 Å². The molecule has 0 aliphatic heterocycles. The Balaban J connectivity index is 2.00.